The molecule has 0 radical (unpaired) electrons. The van der Waals surface area contributed by atoms with Gasteiger partial charge in [-0.05, 0) is 42.6 Å². The molecule has 1 aromatic rings. The van der Waals surface area contributed by atoms with E-state index in [1.165, 1.54) is 14.9 Å². The lowest BCUT2D eigenvalue weighted by Gasteiger charge is -2.14. The molecule has 2 unspecified atom stereocenters. The van der Waals surface area contributed by atoms with Crippen LogP contribution in [0.4, 0.5) is 0 Å². The fourth-order valence-corrected chi connectivity index (χ4v) is 3.74. The maximum absolute atomic E-state index is 5.64. The summed E-state index contributed by atoms with van der Waals surface area (Å²) in [4.78, 5) is 1.43. The summed E-state index contributed by atoms with van der Waals surface area (Å²) in [5.41, 5.74) is 7.12. The molecule has 3 heteroatoms. The Bertz CT molecular complexity index is 340. The summed E-state index contributed by atoms with van der Waals surface area (Å²) in [7, 11) is 0. The van der Waals surface area contributed by atoms with Gasteiger partial charge < -0.3 is 5.73 Å². The summed E-state index contributed by atoms with van der Waals surface area (Å²) >= 11 is 5.49. The van der Waals surface area contributed by atoms with Crippen molar-refractivity contribution in [1.29, 1.82) is 0 Å². The van der Waals surface area contributed by atoms with Crippen LogP contribution >= 0.6 is 27.7 Å². The van der Waals surface area contributed by atoms with Gasteiger partial charge in [0.05, 0.1) is 0 Å². The lowest BCUT2D eigenvalue weighted by atomic mass is 9.93. The predicted molar refractivity (Wildman–Crippen MR) is 65.9 cm³/mol. The molecule has 2 atom stereocenters. The molecule has 1 aliphatic rings. The molecule has 1 aromatic carbocycles. The van der Waals surface area contributed by atoms with E-state index in [-0.39, 0.29) is 0 Å². The molecular weight excluding hydrogens is 258 g/mol. The topological polar surface area (TPSA) is 26.0 Å². The number of halogens is 1. The van der Waals surface area contributed by atoms with Crippen molar-refractivity contribution in [3.8, 4) is 0 Å². The molecule has 0 aliphatic carbocycles. The molecule has 14 heavy (non-hydrogen) atoms. The third kappa shape index (κ3) is 1.86. The first-order valence-electron chi connectivity index (χ1n) is 4.88. The highest BCUT2D eigenvalue weighted by Gasteiger charge is 2.29. The zero-order valence-electron chi connectivity index (χ0n) is 8.16. The van der Waals surface area contributed by atoms with E-state index in [2.05, 4.69) is 41.1 Å². The van der Waals surface area contributed by atoms with Gasteiger partial charge in [-0.1, -0.05) is 22.9 Å². The second kappa shape index (κ2) is 4.25. The SMILES string of the molecule is CC1Sc2ccc(Br)cc2C1CCN. The summed E-state index contributed by atoms with van der Waals surface area (Å²) in [5.74, 6) is 0.637. The van der Waals surface area contributed by atoms with E-state index in [1.54, 1.807) is 0 Å². The Labute approximate surface area is 97.6 Å². The Morgan fingerprint density at radius 2 is 2.29 bits per heavy atom. The Kier molecular flexibility index (Phi) is 3.20. The van der Waals surface area contributed by atoms with Crippen molar-refractivity contribution in [2.45, 2.75) is 29.4 Å². The van der Waals surface area contributed by atoms with Crippen LogP contribution in [0.25, 0.3) is 0 Å². The third-order valence-corrected chi connectivity index (χ3v) is 4.55. The lowest BCUT2D eigenvalue weighted by molar-refractivity contribution is 0.633. The molecule has 0 saturated carbocycles. The summed E-state index contributed by atoms with van der Waals surface area (Å²) in [6, 6.07) is 6.56. The smallest absolute Gasteiger partial charge is 0.0178 e. The molecule has 0 bridgehead atoms. The molecule has 76 valence electrons. The van der Waals surface area contributed by atoms with Gasteiger partial charge in [0.1, 0.15) is 0 Å². The fraction of sp³-hybridized carbons (Fsp3) is 0.455. The normalized spacial score (nSPS) is 25.1. The standard InChI is InChI=1S/C11H14BrNS/c1-7-9(4-5-13)10-6-8(12)2-3-11(10)14-7/h2-3,6-7,9H,4-5,13H2,1H3. The van der Waals surface area contributed by atoms with Crippen molar-refractivity contribution in [2.24, 2.45) is 5.73 Å². The quantitative estimate of drug-likeness (QED) is 0.893. The van der Waals surface area contributed by atoms with Crippen LogP contribution in [0.3, 0.4) is 0 Å². The maximum Gasteiger partial charge on any atom is 0.0178 e. The average Bonchev–Trinajstić information content (AvgIpc) is 2.45. The van der Waals surface area contributed by atoms with E-state index >= 15 is 0 Å². The van der Waals surface area contributed by atoms with E-state index in [0.29, 0.717) is 11.2 Å². The number of hydrogen-bond donors (Lipinski definition) is 1. The molecule has 1 heterocycles. The highest BCUT2D eigenvalue weighted by molar-refractivity contribution is 9.10. The predicted octanol–water partition coefficient (Wildman–Crippen LogP) is 3.38. The van der Waals surface area contributed by atoms with Crippen LogP contribution in [-0.4, -0.2) is 11.8 Å². The van der Waals surface area contributed by atoms with Crippen LogP contribution in [0.2, 0.25) is 0 Å². The average molecular weight is 272 g/mol. The van der Waals surface area contributed by atoms with Crippen LogP contribution in [-0.2, 0) is 0 Å². The van der Waals surface area contributed by atoms with Gasteiger partial charge in [0.2, 0.25) is 0 Å². The minimum Gasteiger partial charge on any atom is -0.330 e. The van der Waals surface area contributed by atoms with Crippen molar-refractivity contribution >= 4 is 27.7 Å². The molecule has 0 amide bonds. The minimum absolute atomic E-state index is 0.637. The lowest BCUT2D eigenvalue weighted by Crippen LogP contribution is -2.12. The van der Waals surface area contributed by atoms with Gasteiger partial charge in [-0.15, -0.1) is 11.8 Å². The summed E-state index contributed by atoms with van der Waals surface area (Å²) in [5, 5.41) is 0.669. The van der Waals surface area contributed by atoms with E-state index in [1.807, 2.05) is 11.8 Å². The van der Waals surface area contributed by atoms with Gasteiger partial charge in [0, 0.05) is 14.6 Å². The van der Waals surface area contributed by atoms with Gasteiger partial charge in [-0.2, -0.15) is 0 Å². The van der Waals surface area contributed by atoms with Crippen molar-refractivity contribution in [2.75, 3.05) is 6.54 Å². The fourth-order valence-electron chi connectivity index (χ4n) is 2.02. The second-order valence-corrected chi connectivity index (χ2v) is 6.02. The number of thioether (sulfide) groups is 1. The first-order valence-corrected chi connectivity index (χ1v) is 6.56. The summed E-state index contributed by atoms with van der Waals surface area (Å²) in [6.07, 6.45) is 1.09. The number of fused-ring (bicyclic) bond motifs is 1. The highest BCUT2D eigenvalue weighted by Crippen LogP contribution is 2.47. The largest absolute Gasteiger partial charge is 0.330 e. The van der Waals surface area contributed by atoms with Gasteiger partial charge in [0.15, 0.2) is 0 Å². The van der Waals surface area contributed by atoms with E-state index in [0.717, 1.165) is 13.0 Å². The third-order valence-electron chi connectivity index (χ3n) is 2.73. The first-order chi connectivity index (χ1) is 6.72. The second-order valence-electron chi connectivity index (χ2n) is 3.69. The molecular formula is C11H14BrNS. The maximum atomic E-state index is 5.64. The molecule has 0 saturated heterocycles. The van der Waals surface area contributed by atoms with Gasteiger partial charge in [-0.25, -0.2) is 0 Å². The van der Waals surface area contributed by atoms with E-state index < -0.39 is 0 Å². The number of benzene rings is 1. The minimum atomic E-state index is 0.637. The Morgan fingerprint density at radius 1 is 1.50 bits per heavy atom. The molecule has 2 rings (SSSR count). The molecule has 1 nitrogen and oxygen atoms in total. The van der Waals surface area contributed by atoms with Crippen LogP contribution in [0.1, 0.15) is 24.8 Å². The Balaban J connectivity index is 2.34. The Morgan fingerprint density at radius 3 is 3.00 bits per heavy atom. The van der Waals surface area contributed by atoms with E-state index in [9.17, 15) is 0 Å². The van der Waals surface area contributed by atoms with Gasteiger partial charge >= 0.3 is 0 Å². The molecule has 1 aliphatic heterocycles. The first kappa shape index (κ1) is 10.5. The molecule has 0 fully saturated rings. The monoisotopic (exact) mass is 271 g/mol. The van der Waals surface area contributed by atoms with Crippen molar-refractivity contribution < 1.29 is 0 Å². The van der Waals surface area contributed by atoms with E-state index in [4.69, 9.17) is 5.73 Å². The van der Waals surface area contributed by atoms with Gasteiger partial charge in [0.25, 0.3) is 0 Å². The number of rotatable bonds is 2. The zero-order chi connectivity index (χ0) is 10.1. The van der Waals surface area contributed by atoms with Crippen LogP contribution in [0, 0.1) is 0 Å². The Hall–Kier alpha value is 0.01000. The number of nitrogens with two attached hydrogens (primary N) is 1. The zero-order valence-corrected chi connectivity index (χ0v) is 10.6. The summed E-state index contributed by atoms with van der Waals surface area (Å²) in [6.45, 7) is 3.07. The highest BCUT2D eigenvalue weighted by atomic mass is 79.9. The van der Waals surface area contributed by atoms with Crippen LogP contribution in [0.15, 0.2) is 27.6 Å². The summed E-state index contributed by atoms with van der Waals surface area (Å²) < 4.78 is 1.17. The van der Waals surface area contributed by atoms with Crippen molar-refractivity contribution in [3.63, 3.8) is 0 Å². The van der Waals surface area contributed by atoms with Crippen molar-refractivity contribution in [3.05, 3.63) is 28.2 Å². The molecule has 0 aromatic heterocycles. The van der Waals surface area contributed by atoms with Crippen molar-refractivity contribution in [1.82, 2.24) is 0 Å². The van der Waals surface area contributed by atoms with Crippen LogP contribution in [0.5, 0.6) is 0 Å². The van der Waals surface area contributed by atoms with Crippen LogP contribution < -0.4 is 5.73 Å². The number of hydrogen-bond acceptors (Lipinski definition) is 2. The van der Waals surface area contributed by atoms with Gasteiger partial charge in [-0.3, -0.25) is 0 Å². The molecule has 0 spiro atoms. The molecule has 2 N–H and O–H groups in total.